The lowest BCUT2D eigenvalue weighted by Crippen LogP contribution is -2.14. The number of aromatic amines is 1. The van der Waals surface area contributed by atoms with E-state index in [1.54, 1.807) is 12.1 Å². The van der Waals surface area contributed by atoms with Crippen molar-refractivity contribution in [2.24, 2.45) is 0 Å². The first kappa shape index (κ1) is 13.1. The van der Waals surface area contributed by atoms with Crippen LogP contribution in [-0.2, 0) is 0 Å². The summed E-state index contributed by atoms with van der Waals surface area (Å²) in [5.41, 5.74) is 1.15. The third-order valence-electron chi connectivity index (χ3n) is 3.08. The summed E-state index contributed by atoms with van der Waals surface area (Å²) in [6.07, 6.45) is 0. The molecule has 0 spiro atoms. The second kappa shape index (κ2) is 5.24. The molecule has 2 heterocycles. The van der Waals surface area contributed by atoms with Crippen molar-refractivity contribution in [1.82, 2.24) is 15.2 Å². The van der Waals surface area contributed by atoms with Gasteiger partial charge in [-0.1, -0.05) is 18.2 Å². The van der Waals surface area contributed by atoms with Gasteiger partial charge in [-0.3, -0.25) is 9.89 Å². The van der Waals surface area contributed by atoms with Gasteiger partial charge in [-0.15, -0.1) is 0 Å². The number of nitrogens with zero attached hydrogens (tertiary/aromatic N) is 2. The van der Waals surface area contributed by atoms with Crippen LogP contribution < -0.4 is 10.1 Å². The van der Waals surface area contributed by atoms with E-state index in [1.807, 2.05) is 31.2 Å². The minimum Gasteiger partial charge on any atom is -0.481 e. The smallest absolute Gasteiger partial charge is 0.275 e. The first-order valence-electron chi connectivity index (χ1n) is 6.44. The number of hydrogen-bond acceptors (Lipinski definition) is 4. The molecule has 0 bridgehead atoms. The van der Waals surface area contributed by atoms with Gasteiger partial charge in [0.1, 0.15) is 5.69 Å². The van der Waals surface area contributed by atoms with Gasteiger partial charge < -0.3 is 10.1 Å². The van der Waals surface area contributed by atoms with E-state index in [-0.39, 0.29) is 11.6 Å². The Kier molecular flexibility index (Phi) is 3.27. The molecular formula is C15H14N4O2. The van der Waals surface area contributed by atoms with Gasteiger partial charge in [0, 0.05) is 17.1 Å². The molecule has 2 N–H and O–H groups in total. The Morgan fingerprint density at radius 2 is 2.10 bits per heavy atom. The third-order valence-corrected chi connectivity index (χ3v) is 3.08. The average Bonchev–Trinajstić information content (AvgIpc) is 2.91. The molecule has 0 aliphatic heterocycles. The molecule has 106 valence electrons. The van der Waals surface area contributed by atoms with Crippen LogP contribution in [-0.4, -0.2) is 28.2 Å². The highest BCUT2D eigenvalue weighted by Gasteiger charge is 2.13. The monoisotopic (exact) mass is 282 g/mol. The van der Waals surface area contributed by atoms with Crippen molar-refractivity contribution in [1.29, 1.82) is 0 Å². The van der Waals surface area contributed by atoms with E-state index in [1.165, 1.54) is 7.11 Å². The minimum atomic E-state index is -0.328. The van der Waals surface area contributed by atoms with Crippen LogP contribution in [0.4, 0.5) is 5.82 Å². The van der Waals surface area contributed by atoms with Crippen molar-refractivity contribution in [2.75, 3.05) is 12.4 Å². The van der Waals surface area contributed by atoms with E-state index in [0.717, 1.165) is 16.5 Å². The predicted octanol–water partition coefficient (Wildman–Crippen LogP) is 2.53. The topological polar surface area (TPSA) is 79.9 Å². The number of amides is 1. The summed E-state index contributed by atoms with van der Waals surface area (Å²) in [7, 11) is 1.54. The maximum absolute atomic E-state index is 12.3. The molecule has 0 unspecified atom stereocenters. The van der Waals surface area contributed by atoms with E-state index in [9.17, 15) is 4.79 Å². The summed E-state index contributed by atoms with van der Waals surface area (Å²) >= 11 is 0. The lowest BCUT2D eigenvalue weighted by molar-refractivity contribution is 0.102. The summed E-state index contributed by atoms with van der Waals surface area (Å²) in [6.45, 7) is 1.86. The fourth-order valence-electron chi connectivity index (χ4n) is 2.10. The van der Waals surface area contributed by atoms with E-state index >= 15 is 0 Å². The molecule has 3 aromatic rings. The fraction of sp³-hybridized carbons (Fsp3) is 0.133. The number of carbonyl (C=O) groups excluding carboxylic acids is 1. The Morgan fingerprint density at radius 1 is 1.29 bits per heavy atom. The van der Waals surface area contributed by atoms with E-state index in [0.29, 0.717) is 11.7 Å². The third kappa shape index (κ3) is 2.55. The van der Waals surface area contributed by atoms with Crippen LogP contribution in [0.2, 0.25) is 0 Å². The highest BCUT2D eigenvalue weighted by Crippen LogP contribution is 2.24. The Morgan fingerprint density at radius 3 is 2.81 bits per heavy atom. The van der Waals surface area contributed by atoms with Gasteiger partial charge in [0.05, 0.1) is 7.11 Å². The van der Waals surface area contributed by atoms with Crippen LogP contribution in [0.1, 0.15) is 16.2 Å². The largest absolute Gasteiger partial charge is 0.481 e. The lowest BCUT2D eigenvalue weighted by Gasteiger charge is -2.07. The number of H-pyrrole nitrogens is 1. The second-order valence-corrected chi connectivity index (χ2v) is 4.63. The number of carbonyl (C=O) groups is 1. The Bertz CT molecular complexity index is 810. The Balaban J connectivity index is 1.98. The SMILES string of the molecule is COc1nc(C(=O)Nc2cc(C)[nH]n2)cc2ccccc12. The standard InChI is InChI=1S/C15H14N4O2/c1-9-7-13(19-18-9)17-14(20)12-8-10-5-3-4-6-11(10)15(16-12)21-2/h3-8H,1-2H3,(H2,17,18,19,20). The highest BCUT2D eigenvalue weighted by molar-refractivity contribution is 6.05. The minimum absolute atomic E-state index is 0.284. The molecular weight excluding hydrogens is 268 g/mol. The first-order valence-corrected chi connectivity index (χ1v) is 6.44. The summed E-state index contributed by atoms with van der Waals surface area (Å²) in [5, 5.41) is 11.2. The number of hydrogen-bond donors (Lipinski definition) is 2. The molecule has 0 atom stereocenters. The number of aryl methyl sites for hydroxylation is 1. The van der Waals surface area contributed by atoms with Gasteiger partial charge in [-0.25, -0.2) is 4.98 Å². The molecule has 1 amide bonds. The van der Waals surface area contributed by atoms with Crippen LogP contribution >= 0.6 is 0 Å². The molecule has 1 aromatic carbocycles. The van der Waals surface area contributed by atoms with Gasteiger partial charge in [0.2, 0.25) is 5.88 Å². The number of pyridine rings is 1. The molecule has 21 heavy (non-hydrogen) atoms. The van der Waals surface area contributed by atoms with E-state index in [4.69, 9.17) is 4.74 Å². The van der Waals surface area contributed by atoms with Crippen LogP contribution in [0.5, 0.6) is 5.88 Å². The molecule has 6 heteroatoms. The summed E-state index contributed by atoms with van der Waals surface area (Å²) in [4.78, 5) is 16.5. The molecule has 0 aliphatic rings. The normalized spacial score (nSPS) is 10.6. The van der Waals surface area contributed by atoms with Crippen LogP contribution in [0.15, 0.2) is 36.4 Å². The van der Waals surface area contributed by atoms with Crippen molar-refractivity contribution in [3.63, 3.8) is 0 Å². The number of aromatic nitrogens is 3. The van der Waals surface area contributed by atoms with Gasteiger partial charge in [0.25, 0.3) is 5.91 Å². The van der Waals surface area contributed by atoms with Gasteiger partial charge >= 0.3 is 0 Å². The summed E-state index contributed by atoms with van der Waals surface area (Å²) in [6, 6.07) is 11.1. The highest BCUT2D eigenvalue weighted by atomic mass is 16.5. The number of methoxy groups -OCH3 is 1. The number of fused-ring (bicyclic) bond motifs is 1. The number of benzene rings is 1. The number of anilines is 1. The fourth-order valence-corrected chi connectivity index (χ4v) is 2.10. The van der Waals surface area contributed by atoms with Gasteiger partial charge in [0.15, 0.2) is 5.82 Å². The molecule has 0 aliphatic carbocycles. The zero-order valence-electron chi connectivity index (χ0n) is 11.7. The van der Waals surface area contributed by atoms with Gasteiger partial charge in [-0.2, -0.15) is 5.10 Å². The molecule has 0 fully saturated rings. The summed E-state index contributed by atoms with van der Waals surface area (Å²) < 4.78 is 5.26. The van der Waals surface area contributed by atoms with Crippen molar-refractivity contribution in [3.8, 4) is 5.88 Å². The first-order chi connectivity index (χ1) is 10.2. The van der Waals surface area contributed by atoms with Crippen molar-refractivity contribution >= 4 is 22.5 Å². The average molecular weight is 282 g/mol. The predicted molar refractivity (Wildman–Crippen MR) is 79.6 cm³/mol. The molecule has 0 radical (unpaired) electrons. The Hall–Kier alpha value is -2.89. The molecule has 2 aromatic heterocycles. The van der Waals surface area contributed by atoms with Crippen LogP contribution in [0.3, 0.4) is 0 Å². The van der Waals surface area contributed by atoms with Crippen LogP contribution in [0, 0.1) is 6.92 Å². The molecule has 0 saturated heterocycles. The summed E-state index contributed by atoms with van der Waals surface area (Å²) in [5.74, 6) is 0.563. The second-order valence-electron chi connectivity index (χ2n) is 4.63. The zero-order valence-corrected chi connectivity index (χ0v) is 11.7. The molecule has 3 rings (SSSR count). The van der Waals surface area contributed by atoms with Crippen molar-refractivity contribution in [2.45, 2.75) is 6.92 Å². The van der Waals surface area contributed by atoms with E-state index in [2.05, 4.69) is 20.5 Å². The number of ether oxygens (including phenoxy) is 1. The quantitative estimate of drug-likeness (QED) is 0.773. The lowest BCUT2D eigenvalue weighted by atomic mass is 10.1. The zero-order chi connectivity index (χ0) is 14.8. The maximum atomic E-state index is 12.3. The Labute approximate surface area is 121 Å². The number of rotatable bonds is 3. The van der Waals surface area contributed by atoms with Crippen LogP contribution in [0.25, 0.3) is 10.8 Å². The molecule has 0 saturated carbocycles. The maximum Gasteiger partial charge on any atom is 0.275 e. The van der Waals surface area contributed by atoms with Crippen molar-refractivity contribution in [3.05, 3.63) is 47.8 Å². The van der Waals surface area contributed by atoms with Crippen molar-refractivity contribution < 1.29 is 9.53 Å². The molecule has 6 nitrogen and oxygen atoms in total. The van der Waals surface area contributed by atoms with E-state index < -0.39 is 0 Å². The number of nitrogens with one attached hydrogen (secondary N) is 2. The van der Waals surface area contributed by atoms with Gasteiger partial charge in [-0.05, 0) is 24.4 Å².